The van der Waals surface area contributed by atoms with Gasteiger partial charge in [-0.2, -0.15) is 0 Å². The first kappa shape index (κ1) is 16.6. The lowest BCUT2D eigenvalue weighted by Crippen LogP contribution is -2.39. The molecule has 20 heavy (non-hydrogen) atoms. The zero-order valence-corrected chi connectivity index (χ0v) is 12.2. The van der Waals surface area contributed by atoms with E-state index >= 15 is 0 Å². The van der Waals surface area contributed by atoms with Gasteiger partial charge < -0.3 is 14.2 Å². The van der Waals surface area contributed by atoms with Crippen molar-refractivity contribution >= 4 is 5.97 Å². The van der Waals surface area contributed by atoms with E-state index in [-0.39, 0.29) is 5.97 Å². The standard InChI is InChI=1S/C8H10O.C7H13NO3/c1-9-7-8-5-3-2-4-6-8;1-10-7(9)6-8-2-4-11-5-3-8/h2-6H,7H2,1H3;2-6H2,1H3. The Morgan fingerprint density at radius 3 is 2.40 bits per heavy atom. The molecule has 0 radical (unpaired) electrons. The van der Waals surface area contributed by atoms with Crippen LogP contribution in [0.25, 0.3) is 0 Å². The summed E-state index contributed by atoms with van der Waals surface area (Å²) in [4.78, 5) is 12.8. The number of hydrogen-bond acceptors (Lipinski definition) is 5. The van der Waals surface area contributed by atoms with E-state index in [0.717, 1.165) is 26.3 Å². The van der Waals surface area contributed by atoms with Gasteiger partial charge in [0.15, 0.2) is 0 Å². The number of carbonyl (C=O) groups is 1. The molecule has 2 rings (SSSR count). The Bertz CT molecular complexity index is 363. The zero-order chi connectivity index (χ0) is 14.6. The van der Waals surface area contributed by atoms with E-state index in [1.54, 1.807) is 7.11 Å². The number of esters is 1. The molecule has 0 saturated carbocycles. The van der Waals surface area contributed by atoms with Crippen molar-refractivity contribution in [2.75, 3.05) is 47.1 Å². The highest BCUT2D eigenvalue weighted by atomic mass is 16.5. The quantitative estimate of drug-likeness (QED) is 0.779. The molecule has 5 heteroatoms. The number of rotatable bonds is 4. The molecule has 0 spiro atoms. The topological polar surface area (TPSA) is 48.0 Å². The first-order valence-corrected chi connectivity index (χ1v) is 6.66. The smallest absolute Gasteiger partial charge is 0.319 e. The molecule has 1 aliphatic rings. The second-order valence-corrected chi connectivity index (χ2v) is 4.38. The lowest BCUT2D eigenvalue weighted by Gasteiger charge is -2.24. The van der Waals surface area contributed by atoms with Gasteiger partial charge in [0.2, 0.25) is 0 Å². The monoisotopic (exact) mass is 281 g/mol. The zero-order valence-electron chi connectivity index (χ0n) is 12.2. The van der Waals surface area contributed by atoms with Crippen molar-refractivity contribution < 1.29 is 19.0 Å². The van der Waals surface area contributed by atoms with Gasteiger partial charge in [-0.1, -0.05) is 30.3 Å². The summed E-state index contributed by atoms with van der Waals surface area (Å²) >= 11 is 0. The molecule has 1 heterocycles. The van der Waals surface area contributed by atoms with Crippen LogP contribution in [0.3, 0.4) is 0 Å². The fourth-order valence-electron chi connectivity index (χ4n) is 1.75. The average molecular weight is 281 g/mol. The predicted molar refractivity (Wildman–Crippen MR) is 76.4 cm³/mol. The van der Waals surface area contributed by atoms with E-state index in [2.05, 4.69) is 4.74 Å². The Morgan fingerprint density at radius 1 is 1.20 bits per heavy atom. The van der Waals surface area contributed by atoms with Crippen LogP contribution in [-0.2, 0) is 25.6 Å². The molecule has 5 nitrogen and oxygen atoms in total. The molecule has 0 atom stereocenters. The Morgan fingerprint density at radius 2 is 1.85 bits per heavy atom. The fraction of sp³-hybridized carbons (Fsp3) is 0.533. The summed E-state index contributed by atoms with van der Waals surface area (Å²) in [7, 11) is 3.11. The molecule has 1 saturated heterocycles. The van der Waals surface area contributed by atoms with Gasteiger partial charge in [0.05, 0.1) is 33.5 Å². The maximum absolute atomic E-state index is 10.8. The van der Waals surface area contributed by atoms with Crippen LogP contribution in [0.2, 0.25) is 0 Å². The minimum Gasteiger partial charge on any atom is -0.468 e. The fourth-order valence-corrected chi connectivity index (χ4v) is 1.75. The SMILES string of the molecule is COC(=O)CN1CCOCC1.COCc1ccccc1. The van der Waals surface area contributed by atoms with Gasteiger partial charge in [0.1, 0.15) is 0 Å². The summed E-state index contributed by atoms with van der Waals surface area (Å²) in [5.41, 5.74) is 1.22. The van der Waals surface area contributed by atoms with Crippen molar-refractivity contribution in [3.8, 4) is 0 Å². The molecule has 0 aromatic heterocycles. The van der Waals surface area contributed by atoms with E-state index in [0.29, 0.717) is 13.2 Å². The molecule has 0 unspecified atom stereocenters. The average Bonchev–Trinajstić information content (AvgIpc) is 2.50. The maximum atomic E-state index is 10.8. The van der Waals surface area contributed by atoms with Crippen molar-refractivity contribution in [2.45, 2.75) is 6.61 Å². The van der Waals surface area contributed by atoms with Gasteiger partial charge in [-0.15, -0.1) is 0 Å². The van der Waals surface area contributed by atoms with Crippen LogP contribution < -0.4 is 0 Å². The lowest BCUT2D eigenvalue weighted by atomic mass is 10.2. The minimum atomic E-state index is -0.174. The van der Waals surface area contributed by atoms with Gasteiger partial charge in [-0.3, -0.25) is 9.69 Å². The number of ether oxygens (including phenoxy) is 3. The number of hydrogen-bond donors (Lipinski definition) is 0. The maximum Gasteiger partial charge on any atom is 0.319 e. The molecule has 1 aromatic carbocycles. The third kappa shape index (κ3) is 7.23. The van der Waals surface area contributed by atoms with Crippen LogP contribution in [0, 0.1) is 0 Å². The van der Waals surface area contributed by atoms with Crippen molar-refractivity contribution in [3.05, 3.63) is 35.9 Å². The van der Waals surface area contributed by atoms with Crippen molar-refractivity contribution in [1.82, 2.24) is 4.90 Å². The number of carbonyl (C=O) groups excluding carboxylic acids is 1. The largest absolute Gasteiger partial charge is 0.468 e. The highest BCUT2D eigenvalue weighted by Crippen LogP contribution is 1.98. The molecule has 0 amide bonds. The summed E-state index contributed by atoms with van der Waals surface area (Å²) in [6.07, 6.45) is 0. The molecular formula is C15H23NO4. The Hall–Kier alpha value is -1.43. The van der Waals surface area contributed by atoms with E-state index < -0.39 is 0 Å². The normalized spacial score (nSPS) is 15.1. The summed E-state index contributed by atoms with van der Waals surface area (Å²) in [5.74, 6) is -0.174. The third-order valence-corrected chi connectivity index (χ3v) is 2.84. The number of morpholine rings is 1. The van der Waals surface area contributed by atoms with Crippen LogP contribution in [0.1, 0.15) is 5.56 Å². The van der Waals surface area contributed by atoms with Crippen molar-refractivity contribution in [1.29, 1.82) is 0 Å². The lowest BCUT2D eigenvalue weighted by molar-refractivity contribution is -0.142. The second kappa shape index (κ2) is 10.4. The van der Waals surface area contributed by atoms with Gasteiger partial charge >= 0.3 is 5.97 Å². The molecule has 0 aliphatic carbocycles. The van der Waals surface area contributed by atoms with Crippen LogP contribution in [-0.4, -0.2) is 57.9 Å². The van der Waals surface area contributed by atoms with Gasteiger partial charge in [-0.25, -0.2) is 0 Å². The molecule has 1 aromatic rings. The molecular weight excluding hydrogens is 258 g/mol. The highest BCUT2D eigenvalue weighted by molar-refractivity contribution is 5.71. The van der Waals surface area contributed by atoms with E-state index in [9.17, 15) is 4.79 Å². The van der Waals surface area contributed by atoms with E-state index in [1.165, 1.54) is 12.7 Å². The summed E-state index contributed by atoms with van der Waals surface area (Å²) < 4.78 is 14.6. The van der Waals surface area contributed by atoms with Gasteiger partial charge in [0.25, 0.3) is 0 Å². The summed E-state index contributed by atoms with van der Waals surface area (Å²) in [5, 5.41) is 0. The van der Waals surface area contributed by atoms with Gasteiger partial charge in [0, 0.05) is 20.2 Å². The van der Waals surface area contributed by atoms with Crippen LogP contribution >= 0.6 is 0 Å². The van der Waals surface area contributed by atoms with E-state index in [4.69, 9.17) is 9.47 Å². The van der Waals surface area contributed by atoms with Crippen molar-refractivity contribution in [3.63, 3.8) is 0 Å². The molecule has 0 N–H and O–H groups in total. The van der Waals surface area contributed by atoms with Crippen LogP contribution in [0.5, 0.6) is 0 Å². The molecule has 1 fully saturated rings. The number of nitrogens with zero attached hydrogens (tertiary/aromatic N) is 1. The highest BCUT2D eigenvalue weighted by Gasteiger charge is 2.13. The molecule has 0 bridgehead atoms. The van der Waals surface area contributed by atoms with Crippen LogP contribution in [0.4, 0.5) is 0 Å². The Kier molecular flexibility index (Phi) is 8.62. The number of benzene rings is 1. The van der Waals surface area contributed by atoms with Crippen LogP contribution in [0.15, 0.2) is 30.3 Å². The minimum absolute atomic E-state index is 0.174. The Balaban J connectivity index is 0.000000204. The first-order chi connectivity index (χ1) is 9.76. The Labute approximate surface area is 120 Å². The summed E-state index contributed by atoms with van der Waals surface area (Å²) in [6.45, 7) is 4.19. The second-order valence-electron chi connectivity index (χ2n) is 4.38. The molecule has 112 valence electrons. The van der Waals surface area contributed by atoms with Gasteiger partial charge in [-0.05, 0) is 5.56 Å². The van der Waals surface area contributed by atoms with E-state index in [1.807, 2.05) is 35.2 Å². The predicted octanol–water partition coefficient (Wildman–Crippen LogP) is 1.32. The summed E-state index contributed by atoms with van der Waals surface area (Å²) in [6, 6.07) is 10.1. The third-order valence-electron chi connectivity index (χ3n) is 2.84. The molecule has 1 aliphatic heterocycles. The van der Waals surface area contributed by atoms with Crippen molar-refractivity contribution in [2.24, 2.45) is 0 Å². The first-order valence-electron chi connectivity index (χ1n) is 6.66. The number of methoxy groups -OCH3 is 2.